The third-order valence-corrected chi connectivity index (χ3v) is 3.42. The minimum atomic E-state index is -0.291. The topological polar surface area (TPSA) is 50.1 Å². The van der Waals surface area contributed by atoms with Crippen LogP contribution >= 0.6 is 0 Å². The normalized spacial score (nSPS) is 14.2. The van der Waals surface area contributed by atoms with E-state index in [1.807, 2.05) is 16.9 Å². The molecule has 0 spiro atoms. The largest absolute Gasteiger partial charge is 0.392 e. The van der Waals surface area contributed by atoms with E-state index in [0.717, 1.165) is 19.6 Å². The summed E-state index contributed by atoms with van der Waals surface area (Å²) in [6, 6.07) is 2.03. The lowest BCUT2D eigenvalue weighted by atomic mass is 9.81. The van der Waals surface area contributed by atoms with E-state index in [9.17, 15) is 5.11 Å². The maximum Gasteiger partial charge on any atom is 0.0626 e. The Morgan fingerprint density at radius 3 is 2.67 bits per heavy atom. The van der Waals surface area contributed by atoms with Gasteiger partial charge in [-0.25, -0.2) is 0 Å². The highest BCUT2D eigenvalue weighted by atomic mass is 16.3. The lowest BCUT2D eigenvalue weighted by molar-refractivity contribution is 0.0134. The van der Waals surface area contributed by atoms with Gasteiger partial charge in [0.15, 0.2) is 0 Å². The van der Waals surface area contributed by atoms with Crippen molar-refractivity contribution in [1.82, 2.24) is 15.1 Å². The van der Waals surface area contributed by atoms with Crippen LogP contribution in [0.25, 0.3) is 0 Å². The molecule has 4 heteroatoms. The standard InChI is InChI=1S/C14H27N3O/c1-6-17-12(7-8-16-17)9-15-10-14(4,5)13(18)11(2)3/h7-8,11,13,15,18H,6,9-10H2,1-5H3. The minimum absolute atomic E-state index is 0.120. The Bertz CT molecular complexity index is 358. The quantitative estimate of drug-likeness (QED) is 0.782. The van der Waals surface area contributed by atoms with Gasteiger partial charge >= 0.3 is 0 Å². The first-order valence-electron chi connectivity index (χ1n) is 6.78. The van der Waals surface area contributed by atoms with Crippen molar-refractivity contribution in [2.24, 2.45) is 11.3 Å². The zero-order valence-electron chi connectivity index (χ0n) is 12.3. The molecule has 0 radical (unpaired) electrons. The van der Waals surface area contributed by atoms with Gasteiger partial charge < -0.3 is 10.4 Å². The van der Waals surface area contributed by atoms with Crippen molar-refractivity contribution < 1.29 is 5.11 Å². The number of nitrogens with zero attached hydrogens (tertiary/aromatic N) is 2. The van der Waals surface area contributed by atoms with Crippen molar-refractivity contribution in [3.05, 3.63) is 18.0 Å². The van der Waals surface area contributed by atoms with E-state index in [2.05, 4.69) is 45.0 Å². The second-order valence-corrected chi connectivity index (χ2v) is 5.92. The second-order valence-electron chi connectivity index (χ2n) is 5.92. The number of rotatable bonds is 7. The molecule has 4 nitrogen and oxygen atoms in total. The summed E-state index contributed by atoms with van der Waals surface area (Å²) in [4.78, 5) is 0. The van der Waals surface area contributed by atoms with Crippen molar-refractivity contribution in [2.75, 3.05) is 6.54 Å². The van der Waals surface area contributed by atoms with E-state index in [0.29, 0.717) is 0 Å². The lowest BCUT2D eigenvalue weighted by Crippen LogP contribution is -2.41. The molecule has 1 unspecified atom stereocenters. The molecule has 0 saturated carbocycles. The van der Waals surface area contributed by atoms with Gasteiger partial charge in [-0.15, -0.1) is 0 Å². The molecule has 0 aliphatic heterocycles. The summed E-state index contributed by atoms with van der Waals surface area (Å²) < 4.78 is 1.98. The maximum atomic E-state index is 10.2. The number of aliphatic hydroxyl groups is 1. The first-order chi connectivity index (χ1) is 8.38. The Hall–Kier alpha value is -0.870. The van der Waals surface area contributed by atoms with Crippen LogP contribution in [0.3, 0.4) is 0 Å². The molecule has 2 N–H and O–H groups in total. The van der Waals surface area contributed by atoms with E-state index in [1.165, 1.54) is 5.69 Å². The van der Waals surface area contributed by atoms with E-state index in [-0.39, 0.29) is 17.4 Å². The zero-order chi connectivity index (χ0) is 13.8. The van der Waals surface area contributed by atoms with Crippen LogP contribution in [0.5, 0.6) is 0 Å². The molecule has 1 heterocycles. The van der Waals surface area contributed by atoms with Gasteiger partial charge in [-0.2, -0.15) is 5.10 Å². The minimum Gasteiger partial charge on any atom is -0.392 e. The Morgan fingerprint density at radius 1 is 1.44 bits per heavy atom. The lowest BCUT2D eigenvalue weighted by Gasteiger charge is -2.33. The van der Waals surface area contributed by atoms with E-state index >= 15 is 0 Å². The number of aryl methyl sites for hydroxylation is 1. The SMILES string of the molecule is CCn1nccc1CNCC(C)(C)C(O)C(C)C. The molecule has 0 fully saturated rings. The van der Waals surface area contributed by atoms with Gasteiger partial charge in [0.05, 0.1) is 11.8 Å². The Kier molecular flexibility index (Phi) is 5.35. The molecule has 1 aromatic rings. The van der Waals surface area contributed by atoms with Crippen LogP contribution in [0.15, 0.2) is 12.3 Å². The van der Waals surface area contributed by atoms with Crippen LogP contribution in [-0.4, -0.2) is 27.5 Å². The first-order valence-corrected chi connectivity index (χ1v) is 6.78. The van der Waals surface area contributed by atoms with E-state index in [1.54, 1.807) is 0 Å². The molecular weight excluding hydrogens is 226 g/mol. The first kappa shape index (κ1) is 15.2. The fourth-order valence-corrected chi connectivity index (χ4v) is 2.31. The Balaban J connectivity index is 2.46. The molecule has 0 bridgehead atoms. The zero-order valence-corrected chi connectivity index (χ0v) is 12.3. The highest BCUT2D eigenvalue weighted by molar-refractivity contribution is 5.00. The predicted octanol–water partition coefficient (Wildman–Crippen LogP) is 2.04. The van der Waals surface area contributed by atoms with Crippen molar-refractivity contribution in [2.45, 2.75) is 53.8 Å². The van der Waals surface area contributed by atoms with Crippen LogP contribution in [0.2, 0.25) is 0 Å². The third-order valence-electron chi connectivity index (χ3n) is 3.42. The molecule has 0 saturated heterocycles. The van der Waals surface area contributed by atoms with Gasteiger partial charge in [0, 0.05) is 31.2 Å². The van der Waals surface area contributed by atoms with Crippen LogP contribution in [0.1, 0.15) is 40.3 Å². The number of hydrogen-bond acceptors (Lipinski definition) is 3. The van der Waals surface area contributed by atoms with Crippen molar-refractivity contribution in [1.29, 1.82) is 0 Å². The summed E-state index contributed by atoms with van der Waals surface area (Å²) in [5, 5.41) is 17.8. The number of nitrogens with one attached hydrogen (secondary N) is 1. The molecule has 104 valence electrons. The summed E-state index contributed by atoms with van der Waals surface area (Å²) in [6.07, 6.45) is 1.54. The fourth-order valence-electron chi connectivity index (χ4n) is 2.31. The van der Waals surface area contributed by atoms with Gasteiger partial charge in [-0.3, -0.25) is 4.68 Å². The summed E-state index contributed by atoms with van der Waals surface area (Å²) >= 11 is 0. The molecule has 18 heavy (non-hydrogen) atoms. The summed E-state index contributed by atoms with van der Waals surface area (Å²) in [5.41, 5.74) is 1.07. The van der Waals surface area contributed by atoms with Crippen LogP contribution in [0.4, 0.5) is 0 Å². The third kappa shape index (κ3) is 3.82. The van der Waals surface area contributed by atoms with E-state index < -0.39 is 0 Å². The Labute approximate surface area is 110 Å². The van der Waals surface area contributed by atoms with Crippen LogP contribution in [0, 0.1) is 11.3 Å². The van der Waals surface area contributed by atoms with Gasteiger partial charge in [-0.05, 0) is 18.9 Å². The highest BCUT2D eigenvalue weighted by Crippen LogP contribution is 2.25. The monoisotopic (exact) mass is 253 g/mol. The van der Waals surface area contributed by atoms with Gasteiger partial charge in [0.1, 0.15) is 0 Å². The number of aliphatic hydroxyl groups excluding tert-OH is 1. The summed E-state index contributed by atoms with van der Waals surface area (Å²) in [5.74, 6) is 0.281. The van der Waals surface area contributed by atoms with Crippen LogP contribution < -0.4 is 5.32 Å². The molecule has 1 atom stereocenters. The molecule has 1 aromatic heterocycles. The van der Waals surface area contributed by atoms with Crippen LogP contribution in [-0.2, 0) is 13.1 Å². The molecule has 0 amide bonds. The Morgan fingerprint density at radius 2 is 2.11 bits per heavy atom. The maximum absolute atomic E-state index is 10.2. The molecule has 0 aromatic carbocycles. The highest BCUT2D eigenvalue weighted by Gasteiger charge is 2.29. The van der Waals surface area contributed by atoms with Crippen molar-refractivity contribution >= 4 is 0 Å². The number of hydrogen-bond donors (Lipinski definition) is 2. The van der Waals surface area contributed by atoms with Gasteiger partial charge in [0.25, 0.3) is 0 Å². The van der Waals surface area contributed by atoms with Crippen molar-refractivity contribution in [3.8, 4) is 0 Å². The predicted molar refractivity (Wildman–Crippen MR) is 74.2 cm³/mol. The number of aromatic nitrogens is 2. The molecule has 0 aliphatic carbocycles. The molecular formula is C14H27N3O. The smallest absolute Gasteiger partial charge is 0.0626 e. The average Bonchev–Trinajstić information content (AvgIpc) is 2.75. The fraction of sp³-hybridized carbons (Fsp3) is 0.786. The molecule has 1 rings (SSSR count). The summed E-state index contributed by atoms with van der Waals surface area (Å²) in [7, 11) is 0. The van der Waals surface area contributed by atoms with Gasteiger partial charge in [-0.1, -0.05) is 27.7 Å². The van der Waals surface area contributed by atoms with Gasteiger partial charge in [0.2, 0.25) is 0 Å². The summed E-state index contributed by atoms with van der Waals surface area (Å²) in [6.45, 7) is 12.9. The molecule has 0 aliphatic rings. The van der Waals surface area contributed by atoms with Crippen molar-refractivity contribution in [3.63, 3.8) is 0 Å². The average molecular weight is 253 g/mol. The van der Waals surface area contributed by atoms with E-state index in [4.69, 9.17) is 0 Å². The second kappa shape index (κ2) is 6.34.